The number of guanidine groups is 1. The molecule has 0 rings (SSSR count). The van der Waals surface area contributed by atoms with Crippen LogP contribution in [-0.2, 0) is 4.79 Å². The van der Waals surface area contributed by atoms with Crippen LogP contribution in [0.1, 0.15) is 12.8 Å². The number of aliphatic hydroxyl groups is 1. The zero-order valence-corrected chi connectivity index (χ0v) is 8.52. The normalized spacial score (nSPS) is 13.6. The lowest BCUT2D eigenvalue weighted by atomic mass is 10.2. The Morgan fingerprint density at radius 2 is 2.20 bits per heavy atom. The fourth-order valence-electron chi connectivity index (χ4n) is 0.874. The van der Waals surface area contributed by atoms with Gasteiger partial charge in [0.2, 0.25) is 0 Å². The topological polar surface area (TPSA) is 134 Å². The third-order valence-electron chi connectivity index (χ3n) is 1.69. The molecule has 0 spiro atoms. The van der Waals surface area contributed by atoms with E-state index in [-0.39, 0.29) is 12.6 Å². The van der Waals surface area contributed by atoms with Crippen molar-refractivity contribution >= 4 is 11.9 Å². The van der Waals surface area contributed by atoms with E-state index in [1.54, 1.807) is 0 Å². The van der Waals surface area contributed by atoms with Gasteiger partial charge in [0.25, 0.3) is 0 Å². The van der Waals surface area contributed by atoms with Gasteiger partial charge in [-0.1, -0.05) is 0 Å². The van der Waals surface area contributed by atoms with Crippen LogP contribution >= 0.6 is 0 Å². The maximum atomic E-state index is 10.3. The lowest BCUT2D eigenvalue weighted by Gasteiger charge is -2.05. The molecule has 0 amide bonds. The molecule has 7 heteroatoms. The monoisotopic (exact) mass is 218 g/mol. The van der Waals surface area contributed by atoms with Gasteiger partial charge in [0.1, 0.15) is 6.04 Å². The van der Waals surface area contributed by atoms with E-state index in [1.165, 1.54) is 0 Å². The Hall–Kier alpha value is -1.34. The Kier molecular flexibility index (Phi) is 7.29. The van der Waals surface area contributed by atoms with Gasteiger partial charge in [-0.15, -0.1) is 0 Å². The molecular weight excluding hydrogens is 200 g/mol. The molecule has 0 heterocycles. The third kappa shape index (κ3) is 7.71. The first-order valence-electron chi connectivity index (χ1n) is 4.71. The lowest BCUT2D eigenvalue weighted by Crippen LogP contribution is -2.34. The number of carboxylic acids is 1. The van der Waals surface area contributed by atoms with E-state index in [2.05, 4.69) is 10.3 Å². The Labute approximate surface area is 88.2 Å². The molecule has 7 nitrogen and oxygen atoms in total. The summed E-state index contributed by atoms with van der Waals surface area (Å²) in [5.41, 5.74) is 10.7. The summed E-state index contributed by atoms with van der Waals surface area (Å²) in [6, 6.07) is -0.841. The molecule has 1 unspecified atom stereocenters. The molecular formula is C8H18N4O3. The number of rotatable bonds is 7. The maximum Gasteiger partial charge on any atom is 0.320 e. The number of nitrogens with zero attached hydrogens (tertiary/aromatic N) is 1. The van der Waals surface area contributed by atoms with Crippen LogP contribution < -0.4 is 16.8 Å². The van der Waals surface area contributed by atoms with Crippen molar-refractivity contribution in [2.45, 2.75) is 18.9 Å². The number of hydrogen-bond donors (Lipinski definition) is 5. The zero-order valence-electron chi connectivity index (χ0n) is 8.52. The highest BCUT2D eigenvalue weighted by atomic mass is 16.4. The number of nitrogens with one attached hydrogen (secondary N) is 1. The van der Waals surface area contributed by atoms with E-state index < -0.39 is 12.0 Å². The lowest BCUT2D eigenvalue weighted by molar-refractivity contribution is -0.138. The van der Waals surface area contributed by atoms with Gasteiger partial charge in [-0.25, -0.2) is 0 Å². The highest BCUT2D eigenvalue weighted by Gasteiger charge is 2.09. The second-order valence-corrected chi connectivity index (χ2v) is 3.00. The molecule has 15 heavy (non-hydrogen) atoms. The molecule has 0 radical (unpaired) electrons. The molecule has 0 aromatic rings. The molecule has 88 valence electrons. The molecule has 0 aliphatic rings. The summed E-state index contributed by atoms with van der Waals surface area (Å²) < 4.78 is 0. The largest absolute Gasteiger partial charge is 0.480 e. The van der Waals surface area contributed by atoms with Gasteiger partial charge in [-0.3, -0.25) is 9.79 Å². The van der Waals surface area contributed by atoms with Crippen LogP contribution in [-0.4, -0.2) is 47.9 Å². The summed E-state index contributed by atoms with van der Waals surface area (Å²) >= 11 is 0. The Morgan fingerprint density at radius 1 is 1.53 bits per heavy atom. The van der Waals surface area contributed by atoms with E-state index in [9.17, 15) is 4.79 Å². The van der Waals surface area contributed by atoms with E-state index >= 15 is 0 Å². The molecule has 0 saturated carbocycles. The summed E-state index contributed by atoms with van der Waals surface area (Å²) in [5, 5.41) is 19.6. The van der Waals surface area contributed by atoms with E-state index in [1.807, 2.05) is 0 Å². The summed E-state index contributed by atoms with van der Waals surface area (Å²) in [5.74, 6) is -0.765. The molecule has 1 atom stereocenters. The second kappa shape index (κ2) is 8.01. The van der Waals surface area contributed by atoms with Crippen LogP contribution in [0.25, 0.3) is 0 Å². The van der Waals surface area contributed by atoms with Gasteiger partial charge in [0, 0.05) is 13.1 Å². The highest BCUT2D eigenvalue weighted by molar-refractivity contribution is 5.77. The summed E-state index contributed by atoms with van der Waals surface area (Å²) in [7, 11) is 0. The highest BCUT2D eigenvalue weighted by Crippen LogP contribution is 1.94. The van der Waals surface area contributed by atoms with Crippen LogP contribution in [0, 0.1) is 0 Å². The van der Waals surface area contributed by atoms with E-state index in [4.69, 9.17) is 21.7 Å². The van der Waals surface area contributed by atoms with Crippen molar-refractivity contribution < 1.29 is 15.0 Å². The van der Waals surface area contributed by atoms with Crippen LogP contribution in [0.3, 0.4) is 0 Å². The number of aliphatic hydroxyl groups excluding tert-OH is 1. The molecule has 0 aliphatic heterocycles. The van der Waals surface area contributed by atoms with Crippen LogP contribution in [0.5, 0.6) is 0 Å². The van der Waals surface area contributed by atoms with Crippen LogP contribution in [0.2, 0.25) is 0 Å². The molecule has 0 saturated heterocycles. The number of nitrogens with two attached hydrogens (primary N) is 2. The van der Waals surface area contributed by atoms with Crippen molar-refractivity contribution in [2.24, 2.45) is 16.5 Å². The third-order valence-corrected chi connectivity index (χ3v) is 1.69. The van der Waals surface area contributed by atoms with Crippen molar-refractivity contribution in [1.29, 1.82) is 0 Å². The first-order valence-corrected chi connectivity index (χ1v) is 4.71. The van der Waals surface area contributed by atoms with Crippen molar-refractivity contribution in [3.8, 4) is 0 Å². The van der Waals surface area contributed by atoms with Crippen LogP contribution in [0.15, 0.2) is 4.99 Å². The van der Waals surface area contributed by atoms with Crippen molar-refractivity contribution in [3.63, 3.8) is 0 Å². The number of hydrogen-bond acceptors (Lipinski definition) is 4. The second-order valence-electron chi connectivity index (χ2n) is 3.00. The fraction of sp³-hybridized carbons (Fsp3) is 0.750. The molecule has 0 aromatic heterocycles. The fourth-order valence-corrected chi connectivity index (χ4v) is 0.874. The predicted molar refractivity (Wildman–Crippen MR) is 56.4 cm³/mol. The number of carbonyl (C=O) groups is 1. The Morgan fingerprint density at radius 3 is 2.73 bits per heavy atom. The molecule has 0 fully saturated rings. The standard InChI is InChI=1S/C8H18N4O3/c9-6(7(14)15)2-1-3-11-8(10)12-4-5-13/h6,13H,1-5,9H2,(H,14,15)(H3,10,11,12). The first kappa shape index (κ1) is 13.7. The number of carboxylic acid groups (broad SMARTS) is 1. The average molecular weight is 218 g/mol. The smallest absolute Gasteiger partial charge is 0.320 e. The summed E-state index contributed by atoms with van der Waals surface area (Å²) in [4.78, 5) is 14.3. The van der Waals surface area contributed by atoms with E-state index in [0.29, 0.717) is 25.9 Å². The van der Waals surface area contributed by atoms with Crippen molar-refractivity contribution in [2.75, 3.05) is 19.7 Å². The number of aliphatic imine (C=N–C) groups is 1. The van der Waals surface area contributed by atoms with Gasteiger partial charge in [0.15, 0.2) is 5.96 Å². The summed E-state index contributed by atoms with van der Waals surface area (Å²) in [6.07, 6.45) is 0.932. The van der Waals surface area contributed by atoms with Crippen LogP contribution in [0.4, 0.5) is 0 Å². The maximum absolute atomic E-state index is 10.3. The molecule has 0 bridgehead atoms. The Bertz CT molecular complexity index is 220. The van der Waals surface area contributed by atoms with E-state index in [0.717, 1.165) is 0 Å². The minimum absolute atomic E-state index is 0.0138. The van der Waals surface area contributed by atoms with Gasteiger partial charge < -0.3 is 27.0 Å². The predicted octanol–water partition coefficient (Wildman–Crippen LogP) is -1.92. The average Bonchev–Trinajstić information content (AvgIpc) is 2.20. The first-order chi connectivity index (χ1) is 7.07. The summed E-state index contributed by atoms with van der Waals surface area (Å²) in [6.45, 7) is 0.759. The molecule has 0 aromatic carbocycles. The molecule has 7 N–H and O–H groups in total. The SMILES string of the molecule is NC(=NCCCC(N)C(=O)O)NCCO. The van der Waals surface area contributed by atoms with Gasteiger partial charge >= 0.3 is 5.97 Å². The van der Waals surface area contributed by atoms with Crippen molar-refractivity contribution in [1.82, 2.24) is 5.32 Å². The Balaban J connectivity index is 3.55. The molecule has 0 aliphatic carbocycles. The van der Waals surface area contributed by atoms with Crippen molar-refractivity contribution in [3.05, 3.63) is 0 Å². The minimum Gasteiger partial charge on any atom is -0.480 e. The van der Waals surface area contributed by atoms with Gasteiger partial charge in [-0.2, -0.15) is 0 Å². The van der Waals surface area contributed by atoms with Gasteiger partial charge in [0.05, 0.1) is 6.61 Å². The zero-order chi connectivity index (χ0) is 11.7. The minimum atomic E-state index is -1.01. The quantitative estimate of drug-likeness (QED) is 0.192. The van der Waals surface area contributed by atoms with Gasteiger partial charge in [-0.05, 0) is 12.8 Å². The number of aliphatic carboxylic acids is 1.